The normalized spacial score (nSPS) is 12.7. The highest BCUT2D eigenvalue weighted by Gasteiger charge is 2.22. The van der Waals surface area contributed by atoms with Gasteiger partial charge in [0, 0.05) is 44.7 Å². The summed E-state index contributed by atoms with van der Waals surface area (Å²) in [5.41, 5.74) is 4.18. The van der Waals surface area contributed by atoms with Crippen molar-refractivity contribution in [3.63, 3.8) is 0 Å². The molecule has 1 heterocycles. The number of methoxy groups -OCH3 is 1. The standard InChI is InChI=1S/C27H28FN3O3/c1-34-16-6-14-29-26(32)23-17-21(30-27(33)22-9-4-5-10-24(22)28)11-12-25(23)31-15-13-19-7-2-3-8-20(19)18-31/h2-5,7-12,17H,6,13-16,18H2,1H3,(H,29,32)(H,30,33). The second-order valence-electron chi connectivity index (χ2n) is 8.21. The first-order chi connectivity index (χ1) is 16.6. The van der Waals surface area contributed by atoms with Crippen LogP contribution in [0.3, 0.4) is 0 Å². The van der Waals surface area contributed by atoms with Crippen LogP contribution in [0, 0.1) is 5.82 Å². The molecule has 0 atom stereocenters. The van der Waals surface area contributed by atoms with Crippen LogP contribution in [0.15, 0.2) is 66.7 Å². The summed E-state index contributed by atoms with van der Waals surface area (Å²) in [4.78, 5) is 27.9. The number of carbonyl (C=O) groups excluding carboxylic acids is 2. The van der Waals surface area contributed by atoms with Crippen molar-refractivity contribution >= 4 is 23.2 Å². The average Bonchev–Trinajstić information content (AvgIpc) is 2.86. The van der Waals surface area contributed by atoms with Crippen molar-refractivity contribution in [2.45, 2.75) is 19.4 Å². The van der Waals surface area contributed by atoms with Gasteiger partial charge in [0.2, 0.25) is 0 Å². The number of hydrogen-bond donors (Lipinski definition) is 2. The second kappa shape index (κ2) is 10.9. The van der Waals surface area contributed by atoms with Crippen LogP contribution in [-0.2, 0) is 17.7 Å². The maximum absolute atomic E-state index is 14.0. The molecule has 1 aliphatic rings. The molecule has 34 heavy (non-hydrogen) atoms. The molecule has 7 heteroatoms. The lowest BCUT2D eigenvalue weighted by molar-refractivity contribution is 0.0947. The van der Waals surface area contributed by atoms with E-state index in [1.165, 1.54) is 29.3 Å². The largest absolute Gasteiger partial charge is 0.385 e. The van der Waals surface area contributed by atoms with Gasteiger partial charge in [0.15, 0.2) is 0 Å². The van der Waals surface area contributed by atoms with Crippen molar-refractivity contribution in [2.24, 2.45) is 0 Å². The van der Waals surface area contributed by atoms with E-state index in [0.29, 0.717) is 37.4 Å². The summed E-state index contributed by atoms with van der Waals surface area (Å²) in [6.07, 6.45) is 1.58. The molecular formula is C27H28FN3O3. The van der Waals surface area contributed by atoms with E-state index in [4.69, 9.17) is 4.74 Å². The fourth-order valence-corrected chi connectivity index (χ4v) is 4.13. The third-order valence-electron chi connectivity index (χ3n) is 5.90. The Balaban J connectivity index is 1.60. The van der Waals surface area contributed by atoms with Gasteiger partial charge in [-0.15, -0.1) is 0 Å². The molecular weight excluding hydrogens is 433 g/mol. The van der Waals surface area contributed by atoms with Crippen LogP contribution in [-0.4, -0.2) is 38.6 Å². The molecule has 0 unspecified atom stereocenters. The third-order valence-corrected chi connectivity index (χ3v) is 5.90. The minimum atomic E-state index is -0.597. The number of hydrogen-bond acceptors (Lipinski definition) is 4. The smallest absolute Gasteiger partial charge is 0.258 e. The summed E-state index contributed by atoms with van der Waals surface area (Å²) in [5.74, 6) is -1.39. The number of carbonyl (C=O) groups is 2. The van der Waals surface area contributed by atoms with E-state index < -0.39 is 11.7 Å². The molecule has 1 aliphatic heterocycles. The monoisotopic (exact) mass is 461 g/mol. The Labute approximate surface area is 198 Å². The van der Waals surface area contributed by atoms with E-state index in [9.17, 15) is 14.0 Å². The number of halogens is 1. The van der Waals surface area contributed by atoms with Crippen molar-refractivity contribution in [2.75, 3.05) is 37.0 Å². The third kappa shape index (κ3) is 5.43. The predicted molar refractivity (Wildman–Crippen MR) is 131 cm³/mol. The lowest BCUT2D eigenvalue weighted by Gasteiger charge is -2.32. The fraction of sp³-hybridized carbons (Fsp3) is 0.259. The van der Waals surface area contributed by atoms with Crippen LogP contribution in [0.1, 0.15) is 38.3 Å². The number of nitrogens with zero attached hydrogens (tertiary/aromatic N) is 1. The fourth-order valence-electron chi connectivity index (χ4n) is 4.13. The Morgan fingerprint density at radius 2 is 1.74 bits per heavy atom. The number of fused-ring (bicyclic) bond motifs is 1. The molecule has 0 aliphatic carbocycles. The van der Waals surface area contributed by atoms with Gasteiger partial charge in [0.05, 0.1) is 11.1 Å². The number of rotatable bonds is 8. The zero-order valence-electron chi connectivity index (χ0n) is 19.1. The lowest BCUT2D eigenvalue weighted by Crippen LogP contribution is -2.33. The maximum atomic E-state index is 14.0. The molecule has 0 fully saturated rings. The number of amides is 2. The predicted octanol–water partition coefficient (Wildman–Crippen LogP) is 4.41. The minimum absolute atomic E-state index is 0.0511. The topological polar surface area (TPSA) is 70.7 Å². The molecule has 2 amide bonds. The van der Waals surface area contributed by atoms with Crippen molar-refractivity contribution in [1.82, 2.24) is 5.32 Å². The van der Waals surface area contributed by atoms with E-state index in [2.05, 4.69) is 27.7 Å². The van der Waals surface area contributed by atoms with Crippen molar-refractivity contribution in [3.8, 4) is 0 Å². The van der Waals surface area contributed by atoms with E-state index in [1.54, 1.807) is 25.3 Å². The Kier molecular flexibility index (Phi) is 7.54. The summed E-state index contributed by atoms with van der Waals surface area (Å²) in [7, 11) is 1.62. The van der Waals surface area contributed by atoms with Crippen LogP contribution >= 0.6 is 0 Å². The van der Waals surface area contributed by atoms with E-state index in [1.807, 2.05) is 18.2 Å². The number of anilines is 2. The van der Waals surface area contributed by atoms with Gasteiger partial charge in [-0.1, -0.05) is 36.4 Å². The van der Waals surface area contributed by atoms with Crippen LogP contribution in [0.2, 0.25) is 0 Å². The first-order valence-electron chi connectivity index (χ1n) is 11.4. The first kappa shape index (κ1) is 23.4. The summed E-state index contributed by atoms with van der Waals surface area (Å²) in [6.45, 7) is 2.50. The molecule has 3 aromatic rings. The SMILES string of the molecule is COCCCNC(=O)c1cc(NC(=O)c2ccccc2F)ccc1N1CCc2ccccc2C1. The Morgan fingerprint density at radius 1 is 0.971 bits per heavy atom. The van der Waals surface area contributed by atoms with Crippen molar-refractivity contribution < 1.29 is 18.7 Å². The van der Waals surface area contributed by atoms with Gasteiger partial charge in [-0.3, -0.25) is 9.59 Å². The molecule has 176 valence electrons. The zero-order valence-corrected chi connectivity index (χ0v) is 19.1. The summed E-state index contributed by atoms with van der Waals surface area (Å²) < 4.78 is 19.1. The van der Waals surface area contributed by atoms with Crippen molar-refractivity contribution in [3.05, 3.63) is 94.8 Å². The van der Waals surface area contributed by atoms with Crippen LogP contribution in [0.5, 0.6) is 0 Å². The van der Waals surface area contributed by atoms with Gasteiger partial charge < -0.3 is 20.3 Å². The molecule has 0 saturated carbocycles. The van der Waals surface area contributed by atoms with E-state index in [0.717, 1.165) is 18.7 Å². The van der Waals surface area contributed by atoms with Gasteiger partial charge in [0.1, 0.15) is 5.82 Å². The zero-order chi connectivity index (χ0) is 23.9. The highest BCUT2D eigenvalue weighted by molar-refractivity contribution is 6.06. The Bertz CT molecular complexity index is 1180. The molecule has 0 spiro atoms. The van der Waals surface area contributed by atoms with Gasteiger partial charge in [-0.25, -0.2) is 4.39 Å². The molecule has 3 aromatic carbocycles. The molecule has 2 N–H and O–H groups in total. The van der Waals surface area contributed by atoms with Gasteiger partial charge in [-0.05, 0) is 54.3 Å². The number of ether oxygens (including phenoxy) is 1. The molecule has 0 bridgehead atoms. The molecule has 0 saturated heterocycles. The molecule has 6 nitrogen and oxygen atoms in total. The molecule has 0 aromatic heterocycles. The lowest BCUT2D eigenvalue weighted by atomic mass is 9.98. The van der Waals surface area contributed by atoms with Gasteiger partial charge in [0.25, 0.3) is 11.8 Å². The van der Waals surface area contributed by atoms with Gasteiger partial charge in [-0.2, -0.15) is 0 Å². The Hall–Kier alpha value is -3.71. The number of nitrogens with one attached hydrogen (secondary N) is 2. The van der Waals surface area contributed by atoms with Crippen LogP contribution < -0.4 is 15.5 Å². The van der Waals surface area contributed by atoms with Crippen molar-refractivity contribution in [1.29, 1.82) is 0 Å². The quantitative estimate of drug-likeness (QED) is 0.488. The maximum Gasteiger partial charge on any atom is 0.258 e. The van der Waals surface area contributed by atoms with Crippen LogP contribution in [0.25, 0.3) is 0 Å². The molecule has 0 radical (unpaired) electrons. The summed E-state index contributed by atoms with van der Waals surface area (Å²) in [5, 5.41) is 5.65. The first-order valence-corrected chi connectivity index (χ1v) is 11.4. The van der Waals surface area contributed by atoms with Crippen LogP contribution in [0.4, 0.5) is 15.8 Å². The highest BCUT2D eigenvalue weighted by Crippen LogP contribution is 2.30. The second-order valence-corrected chi connectivity index (χ2v) is 8.21. The number of benzene rings is 3. The summed E-state index contributed by atoms with van der Waals surface area (Å²) in [6, 6.07) is 19.3. The van der Waals surface area contributed by atoms with E-state index in [-0.39, 0.29) is 11.5 Å². The molecule has 4 rings (SSSR count). The average molecular weight is 462 g/mol. The summed E-state index contributed by atoms with van der Waals surface area (Å²) >= 11 is 0. The minimum Gasteiger partial charge on any atom is -0.385 e. The Morgan fingerprint density at radius 3 is 2.53 bits per heavy atom. The van der Waals surface area contributed by atoms with Gasteiger partial charge >= 0.3 is 0 Å². The van der Waals surface area contributed by atoms with E-state index >= 15 is 0 Å². The highest BCUT2D eigenvalue weighted by atomic mass is 19.1.